The molecule has 3 heteroatoms. The number of rotatable bonds is 3. The van der Waals surface area contributed by atoms with Gasteiger partial charge in [-0.2, -0.15) is 12.2 Å². The fourth-order valence-electron chi connectivity index (χ4n) is 1.39. The molecule has 1 nitrogen and oxygen atoms in total. The topological polar surface area (TPSA) is 9.23 Å². The minimum absolute atomic E-state index is 0. The summed E-state index contributed by atoms with van der Waals surface area (Å²) >= 11 is 4.69. The third-order valence-corrected chi connectivity index (χ3v) is 2.62. The minimum Gasteiger partial charge on any atom is -0.280 e. The second kappa shape index (κ2) is 16.1. The Labute approximate surface area is 142 Å². The first-order chi connectivity index (χ1) is 8.78. The van der Waals surface area contributed by atoms with Gasteiger partial charge in [-0.1, -0.05) is 26.7 Å². The maximum Gasteiger partial charge on any atom is 2.00 e. The molecule has 0 fully saturated rings. The molecule has 0 N–H and O–H groups in total. The van der Waals surface area contributed by atoms with Crippen molar-refractivity contribution in [2.45, 2.75) is 46.5 Å². The van der Waals surface area contributed by atoms with E-state index in [0.717, 1.165) is 25.7 Å². The Bertz CT molecular complexity index is 285. The molecule has 0 aromatic heterocycles. The summed E-state index contributed by atoms with van der Waals surface area (Å²) in [5, 5.41) is 0. The molecule has 2 rings (SSSR count). The van der Waals surface area contributed by atoms with E-state index in [0.29, 0.717) is 6.61 Å². The van der Waals surface area contributed by atoms with Gasteiger partial charge >= 0.3 is 26.2 Å². The first-order valence-electron chi connectivity index (χ1n) is 6.54. The molecule has 0 heterocycles. The SMILES string of the molecule is CCC1=[C-]CC=C1.CCC1=[C-]CC=C1.CCOCl.[Zr+2]. The van der Waals surface area contributed by atoms with E-state index < -0.39 is 0 Å². The summed E-state index contributed by atoms with van der Waals surface area (Å²) in [7, 11) is 0. The fourth-order valence-corrected chi connectivity index (χ4v) is 1.39. The van der Waals surface area contributed by atoms with Crippen LogP contribution in [0.5, 0.6) is 0 Å². The van der Waals surface area contributed by atoms with Crippen LogP contribution in [0.4, 0.5) is 0 Å². The molecule has 0 bridgehead atoms. The van der Waals surface area contributed by atoms with Crippen LogP contribution < -0.4 is 0 Å². The van der Waals surface area contributed by atoms with Gasteiger partial charge in [0.05, 0.1) is 18.5 Å². The van der Waals surface area contributed by atoms with Crippen LogP contribution in [0.25, 0.3) is 0 Å². The molecule has 0 aliphatic heterocycles. The van der Waals surface area contributed by atoms with E-state index in [9.17, 15) is 0 Å². The summed E-state index contributed by atoms with van der Waals surface area (Å²) in [5.74, 6) is 0. The molecule has 0 atom stereocenters. The Morgan fingerprint density at radius 1 is 1.00 bits per heavy atom. The van der Waals surface area contributed by atoms with Crippen molar-refractivity contribution in [1.29, 1.82) is 0 Å². The van der Waals surface area contributed by atoms with Gasteiger partial charge in [0.25, 0.3) is 0 Å². The molecule has 2 aliphatic rings. The average molecular weight is 358 g/mol. The normalized spacial score (nSPS) is 14.5. The average Bonchev–Trinajstić information content (AvgIpc) is 3.11. The molecule has 19 heavy (non-hydrogen) atoms. The van der Waals surface area contributed by atoms with Crippen molar-refractivity contribution in [1.82, 2.24) is 0 Å². The zero-order valence-electron chi connectivity index (χ0n) is 12.1. The standard InChI is InChI=1S/2C7H9.C2H5ClO.Zr/c2*1-2-7-5-3-4-6-7;1-2-4-3;/h2*3,5H,2,4H2,1H3;2H2,1H3;/q2*-1;;+2. The van der Waals surface area contributed by atoms with Gasteiger partial charge in [-0.25, -0.2) is 23.3 Å². The minimum atomic E-state index is 0. The van der Waals surface area contributed by atoms with Gasteiger partial charge < -0.3 is 0 Å². The van der Waals surface area contributed by atoms with Gasteiger partial charge in [0.2, 0.25) is 0 Å². The molecule has 0 unspecified atom stereocenters. The summed E-state index contributed by atoms with van der Waals surface area (Å²) in [6.07, 6.45) is 19.3. The Morgan fingerprint density at radius 3 is 1.47 bits per heavy atom. The van der Waals surface area contributed by atoms with Gasteiger partial charge in [0.1, 0.15) is 0 Å². The second-order valence-electron chi connectivity index (χ2n) is 3.72. The number of hydrogen-bond acceptors (Lipinski definition) is 1. The van der Waals surface area contributed by atoms with Crippen molar-refractivity contribution >= 4 is 11.9 Å². The molecule has 104 valence electrons. The molecular weight excluding hydrogens is 335 g/mol. The number of halogens is 1. The van der Waals surface area contributed by atoms with Crippen molar-refractivity contribution in [2.75, 3.05) is 6.61 Å². The van der Waals surface area contributed by atoms with Gasteiger partial charge in [0, 0.05) is 0 Å². The van der Waals surface area contributed by atoms with E-state index in [-0.39, 0.29) is 26.2 Å². The Morgan fingerprint density at radius 2 is 1.37 bits per heavy atom. The Balaban J connectivity index is 0. The van der Waals surface area contributed by atoms with Crippen molar-refractivity contribution in [3.8, 4) is 0 Å². The van der Waals surface area contributed by atoms with E-state index in [4.69, 9.17) is 0 Å². The first kappa shape index (κ1) is 21.4. The van der Waals surface area contributed by atoms with E-state index in [1.807, 2.05) is 6.92 Å². The predicted molar refractivity (Wildman–Crippen MR) is 79.1 cm³/mol. The van der Waals surface area contributed by atoms with Crippen LogP contribution in [0.3, 0.4) is 0 Å². The summed E-state index contributed by atoms with van der Waals surface area (Å²) in [6.45, 7) is 6.71. The maximum atomic E-state index is 4.69. The van der Waals surface area contributed by atoms with Crippen LogP contribution in [-0.4, -0.2) is 6.61 Å². The predicted octanol–water partition coefficient (Wildman–Crippen LogP) is 5.35. The second-order valence-corrected chi connectivity index (χ2v) is 3.94. The van der Waals surface area contributed by atoms with Crippen LogP contribution in [0.15, 0.2) is 35.5 Å². The molecular formula is C16H23ClOZr. The van der Waals surface area contributed by atoms with E-state index in [1.165, 1.54) is 11.1 Å². The monoisotopic (exact) mass is 356 g/mol. The molecule has 0 saturated carbocycles. The first-order valence-corrected chi connectivity index (χ1v) is 6.85. The van der Waals surface area contributed by atoms with Gasteiger partial charge in [0.15, 0.2) is 0 Å². The summed E-state index contributed by atoms with van der Waals surface area (Å²) in [6, 6.07) is 0. The van der Waals surface area contributed by atoms with Crippen molar-refractivity contribution in [2.24, 2.45) is 0 Å². The van der Waals surface area contributed by atoms with E-state index in [1.54, 1.807) is 0 Å². The van der Waals surface area contributed by atoms with Gasteiger partial charge in [-0.15, -0.1) is 12.8 Å². The summed E-state index contributed by atoms with van der Waals surface area (Å²) in [4.78, 5) is 0. The smallest absolute Gasteiger partial charge is 0.280 e. The van der Waals surface area contributed by atoms with E-state index >= 15 is 0 Å². The van der Waals surface area contributed by atoms with Gasteiger partial charge in [-0.05, 0) is 6.92 Å². The fraction of sp³-hybridized carbons (Fsp3) is 0.500. The quantitative estimate of drug-likeness (QED) is 0.619. The molecule has 0 spiro atoms. The number of hydrogen-bond donors (Lipinski definition) is 0. The third-order valence-electron chi connectivity index (χ3n) is 2.40. The summed E-state index contributed by atoms with van der Waals surface area (Å²) in [5.41, 5.74) is 2.72. The molecule has 0 saturated heterocycles. The Hall–Kier alpha value is 0.0931. The van der Waals surface area contributed by atoms with Crippen molar-refractivity contribution in [3.63, 3.8) is 0 Å². The maximum absolute atomic E-state index is 4.69. The summed E-state index contributed by atoms with van der Waals surface area (Å²) < 4.78 is 4.01. The Kier molecular flexibility index (Phi) is 18.2. The molecule has 0 amide bonds. The zero-order chi connectivity index (χ0) is 13.6. The van der Waals surface area contributed by atoms with Crippen molar-refractivity contribution in [3.05, 3.63) is 47.6 Å². The third kappa shape index (κ3) is 12.9. The zero-order valence-corrected chi connectivity index (χ0v) is 15.3. The van der Waals surface area contributed by atoms with Crippen molar-refractivity contribution < 1.29 is 30.5 Å². The molecule has 0 aromatic rings. The molecule has 0 radical (unpaired) electrons. The van der Waals surface area contributed by atoms with Gasteiger partial charge in [-0.3, -0.25) is 16.4 Å². The molecule has 2 aliphatic carbocycles. The van der Waals surface area contributed by atoms with Crippen LogP contribution in [0.2, 0.25) is 0 Å². The van der Waals surface area contributed by atoms with Crippen LogP contribution in [-0.2, 0) is 30.5 Å². The number of allylic oxidation sites excluding steroid dienone is 8. The van der Waals surface area contributed by atoms with E-state index in [2.05, 4.69) is 66.5 Å². The van der Waals surface area contributed by atoms with Crippen LogP contribution >= 0.6 is 11.9 Å². The van der Waals surface area contributed by atoms with Crippen LogP contribution in [0, 0.1) is 12.2 Å². The largest absolute Gasteiger partial charge is 2.00 e. The van der Waals surface area contributed by atoms with Crippen LogP contribution in [0.1, 0.15) is 46.5 Å². The molecule has 0 aromatic carbocycles.